The van der Waals surface area contributed by atoms with Crippen LogP contribution in [0, 0.1) is 6.92 Å². The van der Waals surface area contributed by atoms with Gasteiger partial charge in [-0.3, -0.25) is 4.79 Å². The average molecular weight is 586 g/mol. The molecule has 10 heteroatoms. The molecule has 0 saturated carbocycles. The minimum Gasteiger partial charge on any atom is -0.497 e. The van der Waals surface area contributed by atoms with Crippen LogP contribution < -0.4 is 26.3 Å². The molecule has 0 spiro atoms. The van der Waals surface area contributed by atoms with Gasteiger partial charge in [0.2, 0.25) is 5.91 Å². The minimum atomic E-state index is -0.763. The molecule has 10 nitrogen and oxygen atoms in total. The molecule has 0 aliphatic heterocycles. The predicted octanol–water partition coefficient (Wildman–Crippen LogP) is 4.78. The number of carbonyl (C=O) groups excluding carboxylic acids is 2. The second-order valence-electron chi connectivity index (χ2n) is 11.5. The number of methoxy groups -OCH3 is 1. The first kappa shape index (κ1) is 31.1. The molecule has 0 radical (unpaired) electrons. The van der Waals surface area contributed by atoms with Crippen LogP contribution in [-0.4, -0.2) is 47.6 Å². The second-order valence-corrected chi connectivity index (χ2v) is 11.5. The molecule has 4 aromatic rings. The fourth-order valence-electron chi connectivity index (χ4n) is 4.72. The van der Waals surface area contributed by atoms with E-state index in [1.165, 1.54) is 0 Å². The molecule has 1 atom stereocenters. The van der Waals surface area contributed by atoms with E-state index in [0.29, 0.717) is 35.2 Å². The van der Waals surface area contributed by atoms with Crippen LogP contribution in [0.5, 0.6) is 5.75 Å². The number of benzene rings is 3. The first-order valence-corrected chi connectivity index (χ1v) is 14.1. The molecule has 3 amide bonds. The zero-order chi connectivity index (χ0) is 31.1. The van der Waals surface area contributed by atoms with Gasteiger partial charge in [0.15, 0.2) is 0 Å². The number of likely N-dealkylation sites (N-methyl/N-ethyl adjacent to an activating group) is 1. The molecule has 3 aromatic carbocycles. The van der Waals surface area contributed by atoms with Crippen molar-refractivity contribution in [3.8, 4) is 5.75 Å². The Balaban J connectivity index is 1.58. The van der Waals surface area contributed by atoms with Crippen molar-refractivity contribution in [3.63, 3.8) is 0 Å². The third-order valence-electron chi connectivity index (χ3n) is 6.93. The van der Waals surface area contributed by atoms with Gasteiger partial charge in [0.25, 0.3) is 6.01 Å². The third-order valence-corrected chi connectivity index (χ3v) is 6.93. The predicted molar refractivity (Wildman–Crippen MR) is 167 cm³/mol. The van der Waals surface area contributed by atoms with E-state index in [-0.39, 0.29) is 30.0 Å². The van der Waals surface area contributed by atoms with Crippen LogP contribution in [0.15, 0.2) is 75.9 Å². The van der Waals surface area contributed by atoms with Gasteiger partial charge in [-0.05, 0) is 68.1 Å². The monoisotopic (exact) mass is 585 g/mol. The van der Waals surface area contributed by atoms with Crippen molar-refractivity contribution in [2.75, 3.05) is 19.5 Å². The Labute approximate surface area is 251 Å². The van der Waals surface area contributed by atoms with Crippen molar-refractivity contribution in [1.29, 1.82) is 0 Å². The molecule has 43 heavy (non-hydrogen) atoms. The van der Waals surface area contributed by atoms with Gasteiger partial charge in [0.1, 0.15) is 11.8 Å². The molecule has 0 unspecified atom stereocenters. The van der Waals surface area contributed by atoms with Crippen LogP contribution in [-0.2, 0) is 24.3 Å². The SMILES string of the molecule is COc1ccc(C[C@H](Nc2nc3ccc(CNC(=O)NC(C)(C)C)c(C)c3c(=O)o2)C(=O)N(C)Cc2ccccc2)cc1. The van der Waals surface area contributed by atoms with Crippen molar-refractivity contribution < 1.29 is 18.7 Å². The maximum atomic E-state index is 13.7. The fourth-order valence-corrected chi connectivity index (χ4v) is 4.72. The van der Waals surface area contributed by atoms with Crippen molar-refractivity contribution in [2.45, 2.75) is 58.8 Å². The number of fused-ring (bicyclic) bond motifs is 1. The van der Waals surface area contributed by atoms with Gasteiger partial charge < -0.3 is 30.0 Å². The highest BCUT2D eigenvalue weighted by molar-refractivity contribution is 5.86. The Hall–Kier alpha value is -4.86. The van der Waals surface area contributed by atoms with Crippen molar-refractivity contribution in [3.05, 3.63) is 99.4 Å². The van der Waals surface area contributed by atoms with Gasteiger partial charge in [-0.15, -0.1) is 0 Å². The summed E-state index contributed by atoms with van der Waals surface area (Å²) < 4.78 is 10.9. The van der Waals surface area contributed by atoms with E-state index in [4.69, 9.17) is 9.15 Å². The van der Waals surface area contributed by atoms with E-state index in [0.717, 1.165) is 16.7 Å². The summed E-state index contributed by atoms with van der Waals surface area (Å²) in [6, 6.07) is 19.6. The number of amides is 3. The minimum absolute atomic E-state index is 0.0488. The van der Waals surface area contributed by atoms with Crippen LogP contribution in [0.4, 0.5) is 10.8 Å². The van der Waals surface area contributed by atoms with Gasteiger partial charge in [0.05, 0.1) is 18.0 Å². The maximum absolute atomic E-state index is 13.7. The van der Waals surface area contributed by atoms with E-state index in [2.05, 4.69) is 20.9 Å². The zero-order valence-electron chi connectivity index (χ0n) is 25.5. The molecular formula is C33H39N5O5. The number of ether oxygens (including phenoxy) is 1. The normalized spacial score (nSPS) is 12.0. The van der Waals surface area contributed by atoms with E-state index in [9.17, 15) is 14.4 Å². The number of hydrogen-bond acceptors (Lipinski definition) is 7. The molecule has 0 fully saturated rings. The molecule has 3 N–H and O–H groups in total. The lowest BCUT2D eigenvalue weighted by molar-refractivity contribution is -0.131. The molecule has 0 bridgehead atoms. The molecule has 226 valence electrons. The van der Waals surface area contributed by atoms with Gasteiger partial charge in [-0.1, -0.05) is 48.5 Å². The summed E-state index contributed by atoms with van der Waals surface area (Å²) in [4.78, 5) is 45.3. The number of urea groups is 1. The number of aryl methyl sites for hydroxylation is 1. The lowest BCUT2D eigenvalue weighted by atomic mass is 10.0. The highest BCUT2D eigenvalue weighted by atomic mass is 16.5. The quantitative estimate of drug-likeness (QED) is 0.244. The summed E-state index contributed by atoms with van der Waals surface area (Å²) in [6.45, 7) is 8.13. The topological polar surface area (TPSA) is 126 Å². The first-order chi connectivity index (χ1) is 20.4. The molecule has 1 heterocycles. The molecule has 0 saturated heterocycles. The van der Waals surface area contributed by atoms with E-state index in [1.807, 2.05) is 81.4 Å². The van der Waals surface area contributed by atoms with E-state index >= 15 is 0 Å². The Morgan fingerprint density at radius 1 is 1.00 bits per heavy atom. The van der Waals surface area contributed by atoms with Crippen LogP contribution in [0.3, 0.4) is 0 Å². The summed E-state index contributed by atoms with van der Waals surface area (Å²) in [5.41, 5.74) is 2.78. The standard InChI is InChI=1S/C33H39N5O5/c1-21-24(19-34-31(41)37-33(2,3)4)14-17-26-28(21)30(40)43-32(35-26)36-27(18-22-12-15-25(42-6)16-13-22)29(39)38(5)20-23-10-8-7-9-11-23/h7-17,27H,18-20H2,1-6H3,(H,35,36)(H2,34,37,41)/t27-/m0/s1. The van der Waals surface area contributed by atoms with Gasteiger partial charge in [0, 0.05) is 32.1 Å². The summed E-state index contributed by atoms with van der Waals surface area (Å²) in [5.74, 6) is 0.526. The number of carbonyl (C=O) groups is 2. The molecule has 1 aromatic heterocycles. The van der Waals surface area contributed by atoms with E-state index in [1.54, 1.807) is 32.0 Å². The number of anilines is 1. The Kier molecular flexibility index (Phi) is 9.70. The average Bonchev–Trinajstić information content (AvgIpc) is 2.96. The number of rotatable bonds is 10. The number of aromatic nitrogens is 1. The maximum Gasteiger partial charge on any atom is 0.348 e. The first-order valence-electron chi connectivity index (χ1n) is 14.1. The Morgan fingerprint density at radius 2 is 1.70 bits per heavy atom. The van der Waals surface area contributed by atoms with Crippen LogP contribution in [0.25, 0.3) is 10.9 Å². The lowest BCUT2D eigenvalue weighted by Gasteiger charge is -2.25. The summed E-state index contributed by atoms with van der Waals surface area (Å²) in [5, 5.41) is 9.08. The molecule has 0 aliphatic carbocycles. The van der Waals surface area contributed by atoms with Crippen LogP contribution >= 0.6 is 0 Å². The van der Waals surface area contributed by atoms with Crippen LogP contribution in [0.2, 0.25) is 0 Å². The highest BCUT2D eigenvalue weighted by Gasteiger charge is 2.25. The van der Waals surface area contributed by atoms with Crippen molar-refractivity contribution in [1.82, 2.24) is 20.5 Å². The molecule has 4 rings (SSSR count). The fraction of sp³-hybridized carbons (Fsp3) is 0.333. The summed E-state index contributed by atoms with van der Waals surface area (Å²) >= 11 is 0. The highest BCUT2D eigenvalue weighted by Crippen LogP contribution is 2.21. The van der Waals surface area contributed by atoms with Gasteiger partial charge >= 0.3 is 11.7 Å². The Morgan fingerprint density at radius 3 is 2.35 bits per heavy atom. The number of nitrogens with zero attached hydrogens (tertiary/aromatic N) is 2. The van der Waals surface area contributed by atoms with E-state index < -0.39 is 11.7 Å². The Bertz CT molecular complexity index is 1630. The number of nitrogens with one attached hydrogen (secondary N) is 3. The number of hydrogen-bond donors (Lipinski definition) is 3. The molecule has 0 aliphatic rings. The zero-order valence-corrected chi connectivity index (χ0v) is 25.5. The third kappa shape index (κ3) is 8.34. The summed E-state index contributed by atoms with van der Waals surface area (Å²) in [6.07, 6.45) is 0.325. The second kappa shape index (κ2) is 13.4. The van der Waals surface area contributed by atoms with Crippen molar-refractivity contribution in [2.24, 2.45) is 0 Å². The summed E-state index contributed by atoms with van der Waals surface area (Å²) in [7, 11) is 3.34. The largest absolute Gasteiger partial charge is 0.497 e. The van der Waals surface area contributed by atoms with Gasteiger partial charge in [-0.25, -0.2) is 9.59 Å². The lowest BCUT2D eigenvalue weighted by Crippen LogP contribution is -2.46. The smallest absolute Gasteiger partial charge is 0.348 e. The van der Waals surface area contributed by atoms with Crippen LogP contribution in [0.1, 0.15) is 43.0 Å². The van der Waals surface area contributed by atoms with Crippen molar-refractivity contribution >= 4 is 28.9 Å². The van der Waals surface area contributed by atoms with Gasteiger partial charge in [-0.2, -0.15) is 4.98 Å². The molecular weight excluding hydrogens is 546 g/mol.